The van der Waals surface area contributed by atoms with Crippen molar-refractivity contribution in [1.29, 1.82) is 0 Å². The molecule has 4 heteroatoms. The molecule has 0 aromatic heterocycles. The van der Waals surface area contributed by atoms with E-state index in [1.807, 2.05) is 30.3 Å². The van der Waals surface area contributed by atoms with E-state index in [9.17, 15) is 14.4 Å². The minimum absolute atomic E-state index is 0.0145. The first-order chi connectivity index (χ1) is 9.58. The minimum atomic E-state index is -0.298. The van der Waals surface area contributed by atoms with Crippen LogP contribution >= 0.6 is 0 Å². The standard InChI is InChI=1S/C16H20O4/c1-13(17)10-11-15(18)8-5-9-16(19)20-12-14-6-3-2-4-7-14/h2-4,6-7H,5,8-12H2,1H3. The molecule has 0 aliphatic carbocycles. The Bertz CT molecular complexity index is 451. The van der Waals surface area contributed by atoms with E-state index < -0.39 is 0 Å². The van der Waals surface area contributed by atoms with Gasteiger partial charge in [0.05, 0.1) is 0 Å². The highest BCUT2D eigenvalue weighted by Gasteiger charge is 2.07. The predicted octanol–water partition coefficient (Wildman–Crippen LogP) is 2.84. The summed E-state index contributed by atoms with van der Waals surface area (Å²) in [5.74, 6) is -0.259. The molecule has 0 heterocycles. The van der Waals surface area contributed by atoms with Crippen LogP contribution in [0.15, 0.2) is 30.3 Å². The summed E-state index contributed by atoms with van der Waals surface area (Å²) in [7, 11) is 0. The van der Waals surface area contributed by atoms with Crippen molar-refractivity contribution in [3.05, 3.63) is 35.9 Å². The summed E-state index contributed by atoms with van der Waals surface area (Å²) in [5.41, 5.74) is 0.943. The van der Waals surface area contributed by atoms with E-state index in [0.29, 0.717) is 12.8 Å². The van der Waals surface area contributed by atoms with E-state index >= 15 is 0 Å². The lowest BCUT2D eigenvalue weighted by Crippen LogP contribution is -2.06. The minimum Gasteiger partial charge on any atom is -0.461 e. The lowest BCUT2D eigenvalue weighted by atomic mass is 10.1. The third-order valence-corrected chi connectivity index (χ3v) is 2.84. The zero-order valence-electron chi connectivity index (χ0n) is 11.8. The fourth-order valence-corrected chi connectivity index (χ4v) is 1.68. The molecule has 0 radical (unpaired) electrons. The summed E-state index contributed by atoms with van der Waals surface area (Å²) in [5, 5.41) is 0. The zero-order chi connectivity index (χ0) is 14.8. The van der Waals surface area contributed by atoms with E-state index in [1.165, 1.54) is 6.92 Å². The smallest absolute Gasteiger partial charge is 0.306 e. The summed E-state index contributed by atoms with van der Waals surface area (Å²) in [6, 6.07) is 9.45. The predicted molar refractivity (Wildman–Crippen MR) is 75.0 cm³/mol. The lowest BCUT2D eigenvalue weighted by molar-refractivity contribution is -0.145. The molecule has 108 valence electrons. The van der Waals surface area contributed by atoms with E-state index in [2.05, 4.69) is 0 Å². The Morgan fingerprint density at radius 1 is 0.950 bits per heavy atom. The van der Waals surface area contributed by atoms with Gasteiger partial charge in [-0.25, -0.2) is 0 Å². The molecule has 20 heavy (non-hydrogen) atoms. The highest BCUT2D eigenvalue weighted by atomic mass is 16.5. The Balaban J connectivity index is 2.11. The Morgan fingerprint density at radius 2 is 1.65 bits per heavy atom. The first-order valence-corrected chi connectivity index (χ1v) is 6.78. The number of hydrogen-bond acceptors (Lipinski definition) is 4. The molecule has 4 nitrogen and oxygen atoms in total. The number of ether oxygens (including phenoxy) is 1. The quantitative estimate of drug-likeness (QED) is 0.651. The lowest BCUT2D eigenvalue weighted by Gasteiger charge is -2.04. The maximum absolute atomic E-state index is 11.5. The van der Waals surface area contributed by atoms with E-state index in [0.717, 1.165) is 5.56 Å². The SMILES string of the molecule is CC(=O)CCC(=O)CCCC(=O)OCc1ccccc1. The largest absolute Gasteiger partial charge is 0.461 e. The van der Waals surface area contributed by atoms with Crippen LogP contribution in [0.5, 0.6) is 0 Å². The molecule has 0 saturated carbocycles. The summed E-state index contributed by atoms with van der Waals surface area (Å²) in [6.45, 7) is 1.73. The van der Waals surface area contributed by atoms with Crippen LogP contribution in [0.3, 0.4) is 0 Å². The van der Waals surface area contributed by atoms with Gasteiger partial charge in [-0.3, -0.25) is 9.59 Å². The number of carbonyl (C=O) groups excluding carboxylic acids is 3. The van der Waals surface area contributed by atoms with Gasteiger partial charge in [-0.1, -0.05) is 30.3 Å². The molecule has 0 spiro atoms. The molecule has 1 rings (SSSR count). The van der Waals surface area contributed by atoms with Crippen molar-refractivity contribution in [2.24, 2.45) is 0 Å². The number of esters is 1. The van der Waals surface area contributed by atoms with Gasteiger partial charge in [-0.05, 0) is 18.9 Å². The second-order valence-corrected chi connectivity index (χ2v) is 4.74. The molecule has 0 fully saturated rings. The van der Waals surface area contributed by atoms with Crippen LogP contribution in [0.2, 0.25) is 0 Å². The van der Waals surface area contributed by atoms with Gasteiger partial charge in [0, 0.05) is 25.7 Å². The van der Waals surface area contributed by atoms with Gasteiger partial charge < -0.3 is 9.53 Å². The fraction of sp³-hybridized carbons (Fsp3) is 0.438. The monoisotopic (exact) mass is 276 g/mol. The Kier molecular flexibility index (Phi) is 7.25. The van der Waals surface area contributed by atoms with Crippen molar-refractivity contribution in [3.63, 3.8) is 0 Å². The van der Waals surface area contributed by atoms with Gasteiger partial charge >= 0.3 is 5.97 Å². The summed E-state index contributed by atoms with van der Waals surface area (Å²) in [4.78, 5) is 33.6. The van der Waals surface area contributed by atoms with Crippen LogP contribution in [0, 0.1) is 0 Å². The average Bonchev–Trinajstić information content (AvgIpc) is 2.44. The van der Waals surface area contributed by atoms with Crippen molar-refractivity contribution >= 4 is 17.5 Å². The van der Waals surface area contributed by atoms with Crippen LogP contribution < -0.4 is 0 Å². The van der Waals surface area contributed by atoms with Crippen molar-refractivity contribution in [1.82, 2.24) is 0 Å². The van der Waals surface area contributed by atoms with Gasteiger partial charge in [0.1, 0.15) is 18.2 Å². The number of rotatable bonds is 9. The molecular formula is C16H20O4. The average molecular weight is 276 g/mol. The van der Waals surface area contributed by atoms with Gasteiger partial charge in [-0.2, -0.15) is 0 Å². The van der Waals surface area contributed by atoms with Crippen LogP contribution in [0.1, 0.15) is 44.6 Å². The summed E-state index contributed by atoms with van der Waals surface area (Å²) >= 11 is 0. The normalized spacial score (nSPS) is 10.1. The molecule has 0 bridgehead atoms. The number of hydrogen-bond donors (Lipinski definition) is 0. The van der Waals surface area contributed by atoms with E-state index in [1.54, 1.807) is 0 Å². The van der Waals surface area contributed by atoms with E-state index in [-0.39, 0.29) is 43.4 Å². The van der Waals surface area contributed by atoms with E-state index in [4.69, 9.17) is 4.74 Å². The Labute approximate surface area is 119 Å². The van der Waals surface area contributed by atoms with Crippen LogP contribution in [0.25, 0.3) is 0 Å². The van der Waals surface area contributed by atoms with Gasteiger partial charge in [0.25, 0.3) is 0 Å². The number of benzene rings is 1. The molecular weight excluding hydrogens is 256 g/mol. The van der Waals surface area contributed by atoms with Crippen LogP contribution in [0.4, 0.5) is 0 Å². The fourth-order valence-electron chi connectivity index (χ4n) is 1.68. The third kappa shape index (κ3) is 7.46. The molecule has 0 N–H and O–H groups in total. The van der Waals surface area contributed by atoms with Crippen molar-refractivity contribution in [2.75, 3.05) is 0 Å². The Hall–Kier alpha value is -1.97. The second-order valence-electron chi connectivity index (χ2n) is 4.74. The number of ketones is 2. The molecule has 0 aliphatic rings. The second kappa shape index (κ2) is 9.02. The maximum atomic E-state index is 11.5. The highest BCUT2D eigenvalue weighted by Crippen LogP contribution is 2.06. The van der Waals surface area contributed by atoms with Crippen molar-refractivity contribution in [2.45, 2.75) is 45.6 Å². The number of carbonyl (C=O) groups is 3. The number of Topliss-reactive ketones (excluding diaryl/α,β-unsaturated/α-hetero) is 2. The summed E-state index contributed by atoms with van der Waals surface area (Å²) < 4.78 is 5.10. The van der Waals surface area contributed by atoms with Gasteiger partial charge in [0.2, 0.25) is 0 Å². The molecule has 1 aromatic carbocycles. The molecule has 0 aliphatic heterocycles. The van der Waals surface area contributed by atoms with Crippen LogP contribution in [-0.4, -0.2) is 17.5 Å². The van der Waals surface area contributed by atoms with Crippen LogP contribution in [-0.2, 0) is 25.7 Å². The molecule has 0 amide bonds. The maximum Gasteiger partial charge on any atom is 0.306 e. The first kappa shape index (κ1) is 16.1. The highest BCUT2D eigenvalue weighted by molar-refractivity contribution is 5.85. The first-order valence-electron chi connectivity index (χ1n) is 6.78. The van der Waals surface area contributed by atoms with Gasteiger partial charge in [-0.15, -0.1) is 0 Å². The summed E-state index contributed by atoms with van der Waals surface area (Å²) in [6.07, 6.45) is 1.60. The van der Waals surface area contributed by atoms with Crippen molar-refractivity contribution in [3.8, 4) is 0 Å². The molecule has 0 atom stereocenters. The zero-order valence-corrected chi connectivity index (χ0v) is 11.8. The molecule has 0 unspecified atom stereocenters. The third-order valence-electron chi connectivity index (χ3n) is 2.84. The molecule has 1 aromatic rings. The van der Waals surface area contributed by atoms with Gasteiger partial charge in [0.15, 0.2) is 0 Å². The molecule has 0 saturated heterocycles. The topological polar surface area (TPSA) is 60.4 Å². The van der Waals surface area contributed by atoms with Crippen molar-refractivity contribution < 1.29 is 19.1 Å². The Morgan fingerprint density at radius 3 is 2.30 bits per heavy atom.